The minimum Gasteiger partial charge on any atom is -0.399 e. The Morgan fingerprint density at radius 1 is 1.07 bits per heavy atom. The molecule has 140 valence electrons. The zero-order chi connectivity index (χ0) is 19.3. The average molecular weight is 382 g/mol. The van der Waals surface area contributed by atoms with Crippen LogP contribution in [0.4, 0.5) is 17.2 Å². The van der Waals surface area contributed by atoms with Gasteiger partial charge in [-0.2, -0.15) is 0 Å². The third-order valence-electron chi connectivity index (χ3n) is 4.14. The van der Waals surface area contributed by atoms with Gasteiger partial charge in [-0.1, -0.05) is 19.1 Å². The van der Waals surface area contributed by atoms with Crippen molar-refractivity contribution in [3.05, 3.63) is 60.9 Å². The molecule has 1 unspecified atom stereocenters. The number of nitrogens with two attached hydrogens (primary N) is 1. The van der Waals surface area contributed by atoms with Crippen molar-refractivity contribution in [2.75, 3.05) is 23.8 Å². The molecule has 1 atom stereocenters. The van der Waals surface area contributed by atoms with Crippen LogP contribution in [0.5, 0.6) is 0 Å². The van der Waals surface area contributed by atoms with Gasteiger partial charge in [0.05, 0.1) is 12.3 Å². The highest BCUT2D eigenvalue weighted by molar-refractivity contribution is 7.66. The minimum absolute atomic E-state index is 0.429. The van der Waals surface area contributed by atoms with Gasteiger partial charge in [0.2, 0.25) is 7.37 Å². The molecule has 0 saturated carbocycles. The van der Waals surface area contributed by atoms with Crippen molar-refractivity contribution < 1.29 is 9.09 Å². The molecule has 0 spiro atoms. The van der Waals surface area contributed by atoms with Gasteiger partial charge in [-0.15, -0.1) is 0 Å². The third-order valence-corrected chi connectivity index (χ3v) is 6.73. The fraction of sp³-hybridized carbons (Fsp3) is 0.200. The molecule has 1 heterocycles. The molecular weight excluding hydrogens is 359 g/mol. The second kappa shape index (κ2) is 8.33. The third kappa shape index (κ3) is 4.54. The van der Waals surface area contributed by atoms with Crippen molar-refractivity contribution >= 4 is 29.9 Å². The van der Waals surface area contributed by atoms with Crippen LogP contribution in [0, 0.1) is 0 Å². The molecule has 0 radical (unpaired) electrons. The molecule has 2 aromatic carbocycles. The van der Waals surface area contributed by atoms with Gasteiger partial charge in [0.25, 0.3) is 0 Å². The first-order chi connectivity index (χ1) is 13.0. The fourth-order valence-corrected chi connectivity index (χ4v) is 4.48. The van der Waals surface area contributed by atoms with Crippen LogP contribution in [0.1, 0.15) is 13.8 Å². The highest BCUT2D eigenvalue weighted by Gasteiger charge is 2.22. The Kier molecular flexibility index (Phi) is 5.89. The van der Waals surface area contributed by atoms with Crippen molar-refractivity contribution in [3.8, 4) is 11.3 Å². The first-order valence-corrected chi connectivity index (χ1v) is 10.6. The average Bonchev–Trinajstić information content (AvgIpc) is 2.69. The molecule has 7 heteroatoms. The highest BCUT2D eigenvalue weighted by Crippen LogP contribution is 2.45. The van der Waals surface area contributed by atoms with Crippen LogP contribution >= 0.6 is 7.37 Å². The molecular formula is C20H23N4O2P. The predicted molar refractivity (Wildman–Crippen MR) is 111 cm³/mol. The maximum atomic E-state index is 12.8. The van der Waals surface area contributed by atoms with E-state index in [2.05, 4.69) is 15.3 Å². The number of rotatable bonds is 7. The SMILES string of the molecule is CCOP(=O)(CC)c1ccc(Nc2cc(-c3cccc(N)c3)ncn2)cc1. The predicted octanol–water partition coefficient (Wildman–Crippen LogP) is 4.43. The van der Waals surface area contributed by atoms with Crippen molar-refractivity contribution in [1.82, 2.24) is 9.97 Å². The van der Waals surface area contributed by atoms with Crippen LogP contribution < -0.4 is 16.4 Å². The quantitative estimate of drug-likeness (QED) is 0.464. The monoisotopic (exact) mass is 382 g/mol. The van der Waals surface area contributed by atoms with Gasteiger partial charge in [-0.25, -0.2) is 9.97 Å². The van der Waals surface area contributed by atoms with E-state index in [1.54, 1.807) is 0 Å². The molecule has 6 nitrogen and oxygen atoms in total. The molecule has 3 aromatic rings. The van der Waals surface area contributed by atoms with E-state index in [9.17, 15) is 4.57 Å². The summed E-state index contributed by atoms with van der Waals surface area (Å²) in [5.41, 5.74) is 9.08. The first-order valence-electron chi connectivity index (χ1n) is 8.83. The van der Waals surface area contributed by atoms with E-state index >= 15 is 0 Å². The Morgan fingerprint density at radius 3 is 2.52 bits per heavy atom. The fourth-order valence-electron chi connectivity index (χ4n) is 2.76. The van der Waals surface area contributed by atoms with E-state index in [0.717, 1.165) is 22.2 Å². The van der Waals surface area contributed by atoms with E-state index < -0.39 is 7.37 Å². The second-order valence-corrected chi connectivity index (χ2v) is 8.75. The zero-order valence-electron chi connectivity index (χ0n) is 15.4. The van der Waals surface area contributed by atoms with Gasteiger partial charge in [0.1, 0.15) is 12.1 Å². The van der Waals surface area contributed by atoms with Crippen molar-refractivity contribution in [2.24, 2.45) is 0 Å². The van der Waals surface area contributed by atoms with E-state index in [1.165, 1.54) is 6.33 Å². The molecule has 0 saturated heterocycles. The highest BCUT2D eigenvalue weighted by atomic mass is 31.2. The molecule has 0 aliphatic heterocycles. The number of hydrogen-bond donors (Lipinski definition) is 2. The van der Waals surface area contributed by atoms with Crippen molar-refractivity contribution in [3.63, 3.8) is 0 Å². The summed E-state index contributed by atoms with van der Waals surface area (Å²) < 4.78 is 18.3. The molecule has 1 aromatic heterocycles. The number of nitrogens with one attached hydrogen (secondary N) is 1. The van der Waals surface area contributed by atoms with E-state index in [-0.39, 0.29) is 0 Å². The van der Waals surface area contributed by atoms with Gasteiger partial charge >= 0.3 is 0 Å². The number of aromatic nitrogens is 2. The summed E-state index contributed by atoms with van der Waals surface area (Å²) in [6.07, 6.45) is 1.98. The Morgan fingerprint density at radius 2 is 1.85 bits per heavy atom. The summed E-state index contributed by atoms with van der Waals surface area (Å²) in [6, 6.07) is 16.8. The summed E-state index contributed by atoms with van der Waals surface area (Å²) in [7, 11) is -2.77. The number of anilines is 3. The molecule has 3 N–H and O–H groups in total. The number of hydrogen-bond acceptors (Lipinski definition) is 6. The number of nitrogens with zero attached hydrogens (tertiary/aromatic N) is 2. The first kappa shape index (κ1) is 19.1. The second-order valence-electron chi connectivity index (χ2n) is 5.99. The Balaban J connectivity index is 1.80. The van der Waals surface area contributed by atoms with Gasteiger partial charge < -0.3 is 15.6 Å². The lowest BCUT2D eigenvalue weighted by atomic mass is 10.1. The van der Waals surface area contributed by atoms with Crippen LogP contribution in [0.15, 0.2) is 60.9 Å². The normalized spacial score (nSPS) is 13.1. The van der Waals surface area contributed by atoms with Gasteiger partial charge in [-0.3, -0.25) is 4.57 Å². The topological polar surface area (TPSA) is 90.1 Å². The van der Waals surface area contributed by atoms with Crippen LogP contribution in [0.25, 0.3) is 11.3 Å². The van der Waals surface area contributed by atoms with E-state index in [1.807, 2.05) is 68.4 Å². The molecule has 0 fully saturated rings. The number of benzene rings is 2. The molecule has 0 aliphatic carbocycles. The summed E-state index contributed by atoms with van der Waals surface area (Å²) in [4.78, 5) is 8.58. The smallest absolute Gasteiger partial charge is 0.231 e. The minimum atomic E-state index is -2.77. The zero-order valence-corrected chi connectivity index (χ0v) is 16.3. The lowest BCUT2D eigenvalue weighted by Gasteiger charge is -2.16. The van der Waals surface area contributed by atoms with Crippen LogP contribution in [-0.2, 0) is 9.09 Å². The number of nitrogen functional groups attached to an aromatic ring is 1. The Labute approximate surface area is 159 Å². The molecule has 0 aliphatic rings. The Hall–Kier alpha value is -2.69. The van der Waals surface area contributed by atoms with Crippen LogP contribution in [0.2, 0.25) is 0 Å². The Bertz CT molecular complexity index is 960. The summed E-state index contributed by atoms with van der Waals surface area (Å²) in [5, 5.41) is 3.97. The lowest BCUT2D eigenvalue weighted by molar-refractivity contribution is 0.341. The van der Waals surface area contributed by atoms with Crippen LogP contribution in [-0.4, -0.2) is 22.7 Å². The largest absolute Gasteiger partial charge is 0.399 e. The summed E-state index contributed by atoms with van der Waals surface area (Å²) in [5.74, 6) is 0.665. The standard InChI is InChI=1S/C20H23N4O2P/c1-3-26-27(25,4-2)18-10-8-17(9-11-18)24-20-13-19(22-14-23-20)15-6-5-7-16(21)12-15/h5-14H,3-4,21H2,1-2H3,(H,22,23,24). The lowest BCUT2D eigenvalue weighted by Crippen LogP contribution is -2.09. The maximum absolute atomic E-state index is 12.8. The van der Waals surface area contributed by atoms with Gasteiger partial charge in [-0.05, 0) is 43.3 Å². The van der Waals surface area contributed by atoms with Crippen LogP contribution in [0.3, 0.4) is 0 Å². The van der Waals surface area contributed by atoms with E-state index in [0.29, 0.717) is 24.3 Å². The molecule has 0 bridgehead atoms. The maximum Gasteiger partial charge on any atom is 0.231 e. The van der Waals surface area contributed by atoms with Gasteiger partial charge in [0, 0.05) is 34.5 Å². The summed E-state index contributed by atoms with van der Waals surface area (Å²) in [6.45, 7) is 4.16. The van der Waals surface area contributed by atoms with Crippen molar-refractivity contribution in [2.45, 2.75) is 13.8 Å². The molecule has 3 rings (SSSR count). The molecule has 27 heavy (non-hydrogen) atoms. The van der Waals surface area contributed by atoms with Gasteiger partial charge in [0.15, 0.2) is 0 Å². The van der Waals surface area contributed by atoms with E-state index in [4.69, 9.17) is 10.3 Å². The summed E-state index contributed by atoms with van der Waals surface area (Å²) >= 11 is 0. The van der Waals surface area contributed by atoms with Crippen molar-refractivity contribution in [1.29, 1.82) is 0 Å². The molecule has 0 amide bonds.